The topological polar surface area (TPSA) is 18.5 Å². The van der Waals surface area contributed by atoms with Crippen LogP contribution in [0.1, 0.15) is 26.7 Å². The van der Waals surface area contributed by atoms with Gasteiger partial charge in [0.2, 0.25) is 0 Å². The Kier molecular flexibility index (Phi) is 3.71. The lowest BCUT2D eigenvalue weighted by atomic mass is 10.1. The molecule has 2 heteroatoms. The molecular weight excluding hydrogens is 152 g/mol. The lowest BCUT2D eigenvalue weighted by Gasteiger charge is -2.22. The van der Waals surface area contributed by atoms with Crippen molar-refractivity contribution in [1.82, 2.24) is 0 Å². The van der Waals surface area contributed by atoms with E-state index in [-0.39, 0.29) is 0 Å². The second-order valence-electron chi connectivity index (χ2n) is 2.43. The summed E-state index contributed by atoms with van der Waals surface area (Å²) in [4.78, 5) is 0. The van der Waals surface area contributed by atoms with Crippen LogP contribution in [0.4, 0.5) is 0 Å². The highest BCUT2D eigenvalue weighted by Gasteiger charge is 2.14. The van der Waals surface area contributed by atoms with Crippen molar-refractivity contribution < 1.29 is 9.47 Å². The Morgan fingerprint density at radius 2 is 1.92 bits per heavy atom. The van der Waals surface area contributed by atoms with E-state index < -0.39 is 0 Å². The molecule has 1 aliphatic heterocycles. The Balaban J connectivity index is 0.000000336. The molecule has 0 aromatic carbocycles. The summed E-state index contributed by atoms with van der Waals surface area (Å²) in [6.45, 7) is 5.41. The first-order chi connectivity index (χ1) is 5.97. The van der Waals surface area contributed by atoms with Crippen molar-refractivity contribution in [2.75, 3.05) is 13.2 Å². The van der Waals surface area contributed by atoms with E-state index in [0.29, 0.717) is 13.2 Å². The van der Waals surface area contributed by atoms with Crippen molar-refractivity contribution in [2.45, 2.75) is 26.7 Å². The highest BCUT2D eigenvalue weighted by atomic mass is 16.6. The molecule has 0 N–H and O–H groups in total. The summed E-state index contributed by atoms with van der Waals surface area (Å²) >= 11 is 0. The summed E-state index contributed by atoms with van der Waals surface area (Å²) < 4.78 is 10.7. The fraction of sp³-hybridized carbons (Fsp3) is 0.600. The van der Waals surface area contributed by atoms with Crippen LogP contribution in [-0.4, -0.2) is 13.2 Å². The molecule has 0 aromatic heterocycles. The molecule has 0 bridgehead atoms. The van der Waals surface area contributed by atoms with Gasteiger partial charge in [-0.25, -0.2) is 0 Å². The minimum atomic E-state index is 0.698. The standard InChI is InChI=1S/C8H10O2.C2H6/c1-2-4-8-7(3-1)9-5-6-10-8;1-2/h1,3H,2,4-6H2;1-2H3. The molecule has 0 fully saturated rings. The van der Waals surface area contributed by atoms with E-state index in [9.17, 15) is 0 Å². The third kappa shape index (κ3) is 2.03. The van der Waals surface area contributed by atoms with Gasteiger partial charge in [-0.2, -0.15) is 0 Å². The maximum Gasteiger partial charge on any atom is 0.156 e. The van der Waals surface area contributed by atoms with Gasteiger partial charge >= 0.3 is 0 Å². The minimum absolute atomic E-state index is 0.698. The van der Waals surface area contributed by atoms with Crippen molar-refractivity contribution in [3.63, 3.8) is 0 Å². The van der Waals surface area contributed by atoms with Crippen LogP contribution in [-0.2, 0) is 9.47 Å². The van der Waals surface area contributed by atoms with Gasteiger partial charge in [0.05, 0.1) is 0 Å². The van der Waals surface area contributed by atoms with Crippen molar-refractivity contribution in [3.05, 3.63) is 23.7 Å². The average Bonchev–Trinajstić information content (AvgIpc) is 2.21. The third-order valence-electron chi connectivity index (χ3n) is 1.70. The van der Waals surface area contributed by atoms with E-state index in [0.717, 1.165) is 24.4 Å². The van der Waals surface area contributed by atoms with Gasteiger partial charge in [0, 0.05) is 6.42 Å². The van der Waals surface area contributed by atoms with E-state index in [1.807, 2.05) is 19.9 Å². The first-order valence-electron chi connectivity index (χ1n) is 4.62. The summed E-state index contributed by atoms with van der Waals surface area (Å²) in [7, 11) is 0. The van der Waals surface area contributed by atoms with Crippen LogP contribution in [0, 0.1) is 0 Å². The highest BCUT2D eigenvalue weighted by molar-refractivity contribution is 5.21. The fourth-order valence-corrected chi connectivity index (χ4v) is 1.21. The Labute approximate surface area is 73.9 Å². The summed E-state index contributed by atoms with van der Waals surface area (Å²) in [6, 6.07) is 0. The summed E-state index contributed by atoms with van der Waals surface area (Å²) in [5, 5.41) is 0. The van der Waals surface area contributed by atoms with Gasteiger partial charge in [0.15, 0.2) is 5.76 Å². The van der Waals surface area contributed by atoms with Crippen molar-refractivity contribution >= 4 is 0 Å². The average molecular weight is 168 g/mol. The number of ether oxygens (including phenoxy) is 2. The second kappa shape index (κ2) is 4.86. The molecule has 2 rings (SSSR count). The molecule has 0 saturated carbocycles. The Morgan fingerprint density at radius 3 is 2.67 bits per heavy atom. The Bertz CT molecular complexity index is 192. The summed E-state index contributed by atoms with van der Waals surface area (Å²) in [5.74, 6) is 1.98. The Hall–Kier alpha value is -0.920. The van der Waals surface area contributed by atoms with E-state index in [4.69, 9.17) is 9.47 Å². The van der Waals surface area contributed by atoms with Crippen LogP contribution >= 0.6 is 0 Å². The number of allylic oxidation sites excluding steroid dienone is 3. The zero-order valence-corrected chi connectivity index (χ0v) is 7.80. The molecule has 12 heavy (non-hydrogen) atoms. The number of hydrogen-bond acceptors (Lipinski definition) is 2. The first kappa shape index (κ1) is 9.17. The van der Waals surface area contributed by atoms with Crippen LogP contribution in [0.3, 0.4) is 0 Å². The Morgan fingerprint density at radius 1 is 1.17 bits per heavy atom. The van der Waals surface area contributed by atoms with Gasteiger partial charge in [-0.05, 0) is 12.5 Å². The molecule has 0 unspecified atom stereocenters. The lowest BCUT2D eigenvalue weighted by molar-refractivity contribution is 0.0631. The smallest absolute Gasteiger partial charge is 0.156 e. The third-order valence-corrected chi connectivity index (χ3v) is 1.70. The molecule has 0 radical (unpaired) electrons. The molecule has 0 amide bonds. The fourth-order valence-electron chi connectivity index (χ4n) is 1.21. The highest BCUT2D eigenvalue weighted by Crippen LogP contribution is 2.23. The van der Waals surface area contributed by atoms with Crippen LogP contribution < -0.4 is 0 Å². The van der Waals surface area contributed by atoms with E-state index in [1.54, 1.807) is 0 Å². The van der Waals surface area contributed by atoms with Crippen molar-refractivity contribution in [1.29, 1.82) is 0 Å². The largest absolute Gasteiger partial charge is 0.491 e. The van der Waals surface area contributed by atoms with E-state index in [2.05, 4.69) is 6.08 Å². The summed E-state index contributed by atoms with van der Waals surface area (Å²) in [5.41, 5.74) is 0. The molecule has 1 heterocycles. The molecule has 0 spiro atoms. The zero-order chi connectivity index (χ0) is 8.81. The number of rotatable bonds is 0. The van der Waals surface area contributed by atoms with Crippen molar-refractivity contribution in [3.8, 4) is 0 Å². The SMILES string of the molecule is C1=CC2=C(CC1)OCCO2.CC. The molecule has 68 valence electrons. The molecule has 0 saturated heterocycles. The van der Waals surface area contributed by atoms with E-state index in [1.165, 1.54) is 0 Å². The molecular formula is C10H16O2. The van der Waals surface area contributed by atoms with Crippen LogP contribution in [0.5, 0.6) is 0 Å². The maximum absolute atomic E-state index is 5.39. The molecule has 2 aliphatic rings. The summed E-state index contributed by atoms with van der Waals surface area (Å²) in [6.07, 6.45) is 6.21. The normalized spacial score (nSPS) is 19.8. The van der Waals surface area contributed by atoms with Gasteiger partial charge in [-0.1, -0.05) is 19.9 Å². The second-order valence-corrected chi connectivity index (χ2v) is 2.43. The predicted molar refractivity (Wildman–Crippen MR) is 48.7 cm³/mol. The minimum Gasteiger partial charge on any atom is -0.491 e. The van der Waals surface area contributed by atoms with E-state index >= 15 is 0 Å². The number of hydrogen-bond donors (Lipinski definition) is 0. The van der Waals surface area contributed by atoms with Crippen LogP contribution in [0.15, 0.2) is 23.7 Å². The monoisotopic (exact) mass is 168 g/mol. The predicted octanol–water partition coefficient (Wildman–Crippen LogP) is 2.62. The first-order valence-corrected chi connectivity index (χ1v) is 4.62. The van der Waals surface area contributed by atoms with Gasteiger partial charge in [0.25, 0.3) is 0 Å². The van der Waals surface area contributed by atoms with Crippen LogP contribution in [0.2, 0.25) is 0 Å². The maximum atomic E-state index is 5.39. The van der Waals surface area contributed by atoms with Gasteiger partial charge in [-0.15, -0.1) is 0 Å². The van der Waals surface area contributed by atoms with Crippen LogP contribution in [0.25, 0.3) is 0 Å². The molecule has 2 nitrogen and oxygen atoms in total. The molecule has 1 aliphatic carbocycles. The van der Waals surface area contributed by atoms with Gasteiger partial charge in [-0.3, -0.25) is 0 Å². The zero-order valence-electron chi connectivity index (χ0n) is 7.80. The van der Waals surface area contributed by atoms with Gasteiger partial charge < -0.3 is 9.47 Å². The van der Waals surface area contributed by atoms with Gasteiger partial charge in [0.1, 0.15) is 19.0 Å². The lowest BCUT2D eigenvalue weighted by Crippen LogP contribution is -2.14. The molecule has 0 atom stereocenters. The van der Waals surface area contributed by atoms with Crippen molar-refractivity contribution in [2.24, 2.45) is 0 Å². The molecule has 0 aromatic rings. The quantitative estimate of drug-likeness (QED) is 0.553.